The Labute approximate surface area is 136 Å². The summed E-state index contributed by atoms with van der Waals surface area (Å²) in [7, 11) is 0. The Morgan fingerprint density at radius 1 is 1.13 bits per heavy atom. The molecule has 0 bridgehead atoms. The van der Waals surface area contributed by atoms with Crippen LogP contribution in [0.5, 0.6) is 0 Å². The summed E-state index contributed by atoms with van der Waals surface area (Å²) in [6.45, 7) is 0. The van der Waals surface area contributed by atoms with Crippen molar-refractivity contribution in [3.05, 3.63) is 81.1 Å². The molecule has 23 heavy (non-hydrogen) atoms. The summed E-state index contributed by atoms with van der Waals surface area (Å²) in [5.41, 5.74) is 3.65. The number of nitrogens with zero attached hydrogens (tertiary/aromatic N) is 1. The number of aromatic nitrogens is 1. The van der Waals surface area contributed by atoms with E-state index in [9.17, 15) is 9.59 Å². The fourth-order valence-electron chi connectivity index (χ4n) is 2.09. The van der Waals surface area contributed by atoms with Gasteiger partial charge in [0.25, 0.3) is 11.5 Å². The van der Waals surface area contributed by atoms with Gasteiger partial charge in [-0.2, -0.15) is 5.10 Å². The van der Waals surface area contributed by atoms with Gasteiger partial charge in [-0.15, -0.1) is 0 Å². The van der Waals surface area contributed by atoms with E-state index in [-0.39, 0.29) is 11.5 Å². The second-order valence-electron chi connectivity index (χ2n) is 4.85. The number of fused-ring (bicyclic) bond motifs is 1. The largest absolute Gasteiger partial charge is 0.321 e. The number of hydrogen-bond donors (Lipinski definition) is 2. The van der Waals surface area contributed by atoms with Gasteiger partial charge in [0.15, 0.2) is 0 Å². The van der Waals surface area contributed by atoms with Crippen molar-refractivity contribution in [2.45, 2.75) is 0 Å². The van der Waals surface area contributed by atoms with Crippen LogP contribution in [0.2, 0.25) is 5.02 Å². The molecule has 1 amide bonds. The monoisotopic (exact) mass is 325 g/mol. The summed E-state index contributed by atoms with van der Waals surface area (Å²) < 4.78 is 0. The van der Waals surface area contributed by atoms with Gasteiger partial charge in [0.2, 0.25) is 0 Å². The number of pyridine rings is 1. The number of benzene rings is 2. The Morgan fingerprint density at radius 3 is 2.65 bits per heavy atom. The van der Waals surface area contributed by atoms with E-state index < -0.39 is 0 Å². The van der Waals surface area contributed by atoms with Crippen molar-refractivity contribution in [3.63, 3.8) is 0 Å². The Morgan fingerprint density at radius 2 is 1.87 bits per heavy atom. The standard InChI is InChI=1S/C17H12ClN3O2/c18-14-7-5-11(6-8-14)17(23)21-19-10-13-9-12-3-1-2-4-15(12)20-16(13)22/h1-10H,(H,20,22)(H,21,23)/b19-10+. The molecule has 1 aromatic heterocycles. The van der Waals surface area contributed by atoms with Gasteiger partial charge in [0.1, 0.15) is 0 Å². The molecule has 5 nitrogen and oxygen atoms in total. The van der Waals surface area contributed by atoms with Crippen LogP contribution in [0.1, 0.15) is 15.9 Å². The molecule has 1 heterocycles. The molecule has 6 heteroatoms. The highest BCUT2D eigenvalue weighted by Crippen LogP contribution is 2.10. The molecule has 3 aromatic rings. The average Bonchev–Trinajstić information content (AvgIpc) is 2.56. The van der Waals surface area contributed by atoms with Gasteiger partial charge in [-0.05, 0) is 41.8 Å². The number of rotatable bonds is 3. The molecule has 0 aliphatic carbocycles. The van der Waals surface area contributed by atoms with Gasteiger partial charge in [-0.3, -0.25) is 9.59 Å². The summed E-state index contributed by atoms with van der Waals surface area (Å²) >= 11 is 5.77. The number of hydrazone groups is 1. The zero-order valence-corrected chi connectivity index (χ0v) is 12.7. The van der Waals surface area contributed by atoms with E-state index in [1.54, 1.807) is 30.3 Å². The molecule has 0 unspecified atom stereocenters. The number of carbonyl (C=O) groups excluding carboxylic acids is 1. The Kier molecular flexibility index (Phi) is 4.21. The molecule has 0 saturated carbocycles. The maximum absolute atomic E-state index is 11.9. The Bertz CT molecular complexity index is 946. The van der Waals surface area contributed by atoms with E-state index >= 15 is 0 Å². The Hall–Kier alpha value is -2.92. The minimum atomic E-state index is -0.380. The van der Waals surface area contributed by atoms with Crippen molar-refractivity contribution < 1.29 is 4.79 Å². The molecular formula is C17H12ClN3O2. The van der Waals surface area contributed by atoms with Crippen molar-refractivity contribution in [2.24, 2.45) is 5.10 Å². The van der Waals surface area contributed by atoms with Crippen molar-refractivity contribution in [1.82, 2.24) is 10.4 Å². The molecule has 3 rings (SSSR count). The zero-order chi connectivity index (χ0) is 16.2. The summed E-state index contributed by atoms with van der Waals surface area (Å²) in [4.78, 5) is 26.6. The van der Waals surface area contributed by atoms with Crippen LogP contribution in [0.25, 0.3) is 10.9 Å². The molecule has 0 aliphatic rings. The topological polar surface area (TPSA) is 74.3 Å². The van der Waals surface area contributed by atoms with Crippen molar-refractivity contribution in [3.8, 4) is 0 Å². The van der Waals surface area contributed by atoms with Gasteiger partial charge in [0, 0.05) is 16.1 Å². The van der Waals surface area contributed by atoms with E-state index in [0.29, 0.717) is 16.1 Å². The first-order chi connectivity index (χ1) is 11.1. The number of H-pyrrole nitrogens is 1. The van der Waals surface area contributed by atoms with E-state index in [0.717, 1.165) is 10.9 Å². The van der Waals surface area contributed by atoms with E-state index in [1.807, 2.05) is 24.3 Å². The first kappa shape index (κ1) is 15.0. The van der Waals surface area contributed by atoms with Crippen molar-refractivity contribution in [1.29, 1.82) is 0 Å². The maximum atomic E-state index is 11.9. The normalized spacial score (nSPS) is 11.0. The first-order valence-corrected chi connectivity index (χ1v) is 7.22. The lowest BCUT2D eigenvalue weighted by molar-refractivity contribution is 0.0955. The van der Waals surface area contributed by atoms with E-state index in [1.165, 1.54) is 6.21 Å². The summed E-state index contributed by atoms with van der Waals surface area (Å²) in [5, 5.41) is 5.27. The smallest absolute Gasteiger partial charge is 0.271 e. The summed E-state index contributed by atoms with van der Waals surface area (Å²) in [6.07, 6.45) is 1.32. The maximum Gasteiger partial charge on any atom is 0.271 e. The minimum Gasteiger partial charge on any atom is -0.321 e. The van der Waals surface area contributed by atoms with Crippen LogP contribution in [-0.4, -0.2) is 17.1 Å². The lowest BCUT2D eigenvalue weighted by Crippen LogP contribution is -2.19. The molecular weight excluding hydrogens is 314 g/mol. The highest BCUT2D eigenvalue weighted by molar-refractivity contribution is 6.30. The van der Waals surface area contributed by atoms with Crippen LogP contribution in [0.15, 0.2) is 64.5 Å². The number of aromatic amines is 1. The third-order valence-electron chi connectivity index (χ3n) is 3.26. The van der Waals surface area contributed by atoms with Gasteiger partial charge in [-0.25, -0.2) is 5.43 Å². The Balaban J connectivity index is 1.77. The van der Waals surface area contributed by atoms with Crippen LogP contribution >= 0.6 is 11.6 Å². The minimum absolute atomic E-state index is 0.270. The third kappa shape index (κ3) is 3.46. The predicted molar refractivity (Wildman–Crippen MR) is 91.1 cm³/mol. The molecule has 0 aliphatic heterocycles. The first-order valence-electron chi connectivity index (χ1n) is 6.84. The number of nitrogens with one attached hydrogen (secondary N) is 2. The predicted octanol–water partition coefficient (Wildman–Crippen LogP) is 2.95. The van der Waals surface area contributed by atoms with Gasteiger partial charge in [-0.1, -0.05) is 29.8 Å². The molecule has 114 valence electrons. The van der Waals surface area contributed by atoms with Gasteiger partial charge < -0.3 is 4.98 Å². The van der Waals surface area contributed by atoms with E-state index in [4.69, 9.17) is 11.6 Å². The number of amides is 1. The molecule has 2 aromatic carbocycles. The van der Waals surface area contributed by atoms with Crippen LogP contribution < -0.4 is 11.0 Å². The fraction of sp³-hybridized carbons (Fsp3) is 0. The highest BCUT2D eigenvalue weighted by Gasteiger charge is 2.04. The van der Waals surface area contributed by atoms with Crippen molar-refractivity contribution >= 4 is 34.6 Å². The molecule has 0 spiro atoms. The summed E-state index contributed by atoms with van der Waals surface area (Å²) in [6, 6.07) is 15.6. The van der Waals surface area contributed by atoms with Crippen LogP contribution in [-0.2, 0) is 0 Å². The van der Waals surface area contributed by atoms with Crippen LogP contribution in [0, 0.1) is 0 Å². The number of para-hydroxylation sites is 1. The SMILES string of the molecule is O=C(N/N=C/c1cc2ccccc2[nH]c1=O)c1ccc(Cl)cc1. The third-order valence-corrected chi connectivity index (χ3v) is 3.51. The highest BCUT2D eigenvalue weighted by atomic mass is 35.5. The molecule has 0 fully saturated rings. The number of carbonyl (C=O) groups is 1. The quantitative estimate of drug-likeness (QED) is 0.574. The number of hydrogen-bond acceptors (Lipinski definition) is 3. The molecule has 2 N–H and O–H groups in total. The average molecular weight is 326 g/mol. The van der Waals surface area contributed by atoms with Gasteiger partial charge >= 0.3 is 0 Å². The van der Waals surface area contributed by atoms with Crippen molar-refractivity contribution in [2.75, 3.05) is 0 Å². The van der Waals surface area contributed by atoms with Crippen LogP contribution in [0.3, 0.4) is 0 Å². The molecule has 0 atom stereocenters. The zero-order valence-electron chi connectivity index (χ0n) is 11.9. The van der Waals surface area contributed by atoms with Crippen LogP contribution in [0.4, 0.5) is 0 Å². The lowest BCUT2D eigenvalue weighted by Gasteiger charge is -2.00. The fourth-order valence-corrected chi connectivity index (χ4v) is 2.21. The second-order valence-corrected chi connectivity index (χ2v) is 5.28. The summed E-state index contributed by atoms with van der Waals surface area (Å²) in [5.74, 6) is -0.380. The van der Waals surface area contributed by atoms with E-state index in [2.05, 4.69) is 15.5 Å². The molecule has 0 saturated heterocycles. The molecule has 0 radical (unpaired) electrons. The lowest BCUT2D eigenvalue weighted by atomic mass is 10.2. The number of halogens is 1. The van der Waals surface area contributed by atoms with Gasteiger partial charge in [0.05, 0.1) is 11.8 Å². The second kappa shape index (κ2) is 6.46.